The van der Waals surface area contributed by atoms with E-state index in [0.29, 0.717) is 0 Å². The van der Waals surface area contributed by atoms with E-state index < -0.39 is 0 Å². The minimum absolute atomic E-state index is 0.192. The molecule has 3 radical (unpaired) electrons. The quantitative estimate of drug-likeness (QED) is 0.589. The Kier molecular flexibility index (Phi) is 4.25. The molecule has 1 aromatic rings. The second-order valence-electron chi connectivity index (χ2n) is 5.11. The summed E-state index contributed by atoms with van der Waals surface area (Å²) in [5, 5.41) is 0. The summed E-state index contributed by atoms with van der Waals surface area (Å²) in [6.07, 6.45) is 0. The topological polar surface area (TPSA) is 9.23 Å². The average molecular weight is 276 g/mol. The van der Waals surface area contributed by atoms with Gasteiger partial charge in [-0.05, 0) is 0 Å². The van der Waals surface area contributed by atoms with Gasteiger partial charge < -0.3 is 0 Å². The third kappa shape index (κ3) is 3.14. The van der Waals surface area contributed by atoms with Crippen LogP contribution in [-0.2, 0) is 9.18 Å². The van der Waals surface area contributed by atoms with Crippen LogP contribution in [0.25, 0.3) is 5.57 Å². The van der Waals surface area contributed by atoms with Crippen LogP contribution in [0.4, 0.5) is 0 Å². The number of rotatable bonds is 2. The van der Waals surface area contributed by atoms with Crippen LogP contribution in [0, 0.1) is 0 Å². The summed E-state index contributed by atoms with van der Waals surface area (Å²) in [4.78, 5) is 0. The molecule has 0 spiro atoms. The zero-order valence-electron chi connectivity index (χ0n) is 10.7. The number of benzene rings is 1. The van der Waals surface area contributed by atoms with E-state index in [-0.39, 0.29) is 5.41 Å². The summed E-state index contributed by atoms with van der Waals surface area (Å²) >= 11 is 1.71. The van der Waals surface area contributed by atoms with Gasteiger partial charge in [0.05, 0.1) is 0 Å². The predicted molar refractivity (Wildman–Crippen MR) is 70.2 cm³/mol. The van der Waals surface area contributed by atoms with Crippen LogP contribution in [-0.4, -0.2) is 16.9 Å². The molecule has 0 heterocycles. The summed E-state index contributed by atoms with van der Waals surface area (Å²) < 4.78 is 5.27. The van der Waals surface area contributed by atoms with Crippen molar-refractivity contribution < 1.29 is 3.76 Å². The van der Waals surface area contributed by atoms with Crippen molar-refractivity contribution in [3.8, 4) is 0 Å². The van der Waals surface area contributed by atoms with Crippen LogP contribution in [0.5, 0.6) is 0 Å². The fraction of sp³-hybridized carbons (Fsp3) is 0.429. The fourth-order valence-electron chi connectivity index (χ4n) is 1.50. The van der Waals surface area contributed by atoms with E-state index in [1.165, 1.54) is 16.7 Å². The molecule has 0 aliphatic rings. The Balaban J connectivity index is 3.19. The first-order valence-corrected chi connectivity index (χ1v) is 6.34. The minimum atomic E-state index is 0.192. The molecule has 0 saturated carbocycles. The Labute approximate surface area is 107 Å². The molecule has 1 nitrogen and oxygen atoms in total. The van der Waals surface area contributed by atoms with Gasteiger partial charge in [-0.15, -0.1) is 0 Å². The molecule has 2 heteroatoms. The first-order chi connectivity index (χ1) is 7.36. The first kappa shape index (κ1) is 13.4. The monoisotopic (exact) mass is 277 g/mol. The molecule has 1 rings (SSSR count). The van der Waals surface area contributed by atoms with Crippen LogP contribution in [0.1, 0.15) is 45.7 Å². The Bertz CT molecular complexity index is 399. The first-order valence-electron chi connectivity index (χ1n) is 5.48. The van der Waals surface area contributed by atoms with Crippen LogP contribution >= 0.6 is 0 Å². The van der Waals surface area contributed by atoms with Crippen molar-refractivity contribution in [1.29, 1.82) is 0 Å². The number of hydrogen-bond acceptors (Lipinski definition) is 1. The summed E-state index contributed by atoms with van der Waals surface area (Å²) in [5.74, 6) is 0.978. The van der Waals surface area contributed by atoms with Crippen LogP contribution in [0.2, 0.25) is 0 Å². The normalized spacial score (nSPS) is 13.4. The molecule has 0 N–H and O–H groups in total. The second-order valence-corrected chi connectivity index (χ2v) is 5.54. The van der Waals surface area contributed by atoms with Gasteiger partial charge in [-0.25, -0.2) is 0 Å². The van der Waals surface area contributed by atoms with E-state index >= 15 is 0 Å². The van der Waals surface area contributed by atoms with E-state index in [0.717, 1.165) is 5.76 Å². The zero-order valence-corrected chi connectivity index (χ0v) is 12.8. The third-order valence-electron chi connectivity index (χ3n) is 2.84. The van der Waals surface area contributed by atoms with Crippen molar-refractivity contribution in [2.45, 2.75) is 40.0 Å². The Morgan fingerprint density at radius 1 is 1.19 bits per heavy atom. The standard InChI is InChI=1S/C14H19GeO/c1-10(11(2)16-15)12-7-6-8-13(9-12)14(3,4)5/h6-9H,1-5H3. The van der Waals surface area contributed by atoms with Gasteiger partial charge in [-0.1, -0.05) is 0 Å². The third-order valence-corrected chi connectivity index (χ3v) is 3.49. The molecule has 0 atom stereocenters. The van der Waals surface area contributed by atoms with E-state index in [9.17, 15) is 0 Å². The van der Waals surface area contributed by atoms with Gasteiger partial charge in [0.2, 0.25) is 0 Å². The molecular formula is C14H19GeO. The summed E-state index contributed by atoms with van der Waals surface area (Å²) in [6, 6.07) is 8.67. The Hall–Kier alpha value is -0.697. The number of allylic oxidation sites excluding steroid dienone is 2. The van der Waals surface area contributed by atoms with Gasteiger partial charge >= 0.3 is 107 Å². The molecule has 0 saturated heterocycles. The second kappa shape index (κ2) is 5.09. The van der Waals surface area contributed by atoms with Crippen molar-refractivity contribution in [3.05, 3.63) is 41.2 Å². The number of hydrogen-bond donors (Lipinski definition) is 0. The van der Waals surface area contributed by atoms with E-state index in [1.807, 2.05) is 6.92 Å². The van der Waals surface area contributed by atoms with Crippen LogP contribution < -0.4 is 0 Å². The van der Waals surface area contributed by atoms with Gasteiger partial charge in [0, 0.05) is 0 Å². The van der Waals surface area contributed by atoms with Gasteiger partial charge in [-0.3, -0.25) is 0 Å². The van der Waals surface area contributed by atoms with Crippen molar-refractivity contribution in [3.63, 3.8) is 0 Å². The summed E-state index contributed by atoms with van der Waals surface area (Å²) in [7, 11) is 0. The molecular weight excluding hydrogens is 257 g/mol. The summed E-state index contributed by atoms with van der Waals surface area (Å²) in [5.41, 5.74) is 3.99. The molecule has 0 bridgehead atoms. The predicted octanol–water partition coefficient (Wildman–Crippen LogP) is 3.84. The maximum absolute atomic E-state index is 5.27. The molecule has 85 valence electrons. The van der Waals surface area contributed by atoms with E-state index in [4.69, 9.17) is 3.76 Å². The Morgan fingerprint density at radius 2 is 1.81 bits per heavy atom. The van der Waals surface area contributed by atoms with Gasteiger partial charge in [0.25, 0.3) is 0 Å². The molecule has 0 aliphatic heterocycles. The van der Waals surface area contributed by atoms with Crippen molar-refractivity contribution in [2.24, 2.45) is 0 Å². The van der Waals surface area contributed by atoms with Crippen LogP contribution in [0.15, 0.2) is 30.0 Å². The van der Waals surface area contributed by atoms with Crippen molar-refractivity contribution in [2.75, 3.05) is 0 Å². The SMILES string of the molecule is CC([O][Ge])=C(C)c1cccc(C(C)(C)C)c1. The van der Waals surface area contributed by atoms with Gasteiger partial charge in [-0.2, -0.15) is 0 Å². The fourth-order valence-corrected chi connectivity index (χ4v) is 1.82. The van der Waals surface area contributed by atoms with E-state index in [2.05, 4.69) is 52.0 Å². The zero-order chi connectivity index (χ0) is 12.3. The molecule has 0 amide bonds. The van der Waals surface area contributed by atoms with Gasteiger partial charge in [0.1, 0.15) is 0 Å². The molecule has 0 aliphatic carbocycles. The van der Waals surface area contributed by atoms with E-state index in [1.54, 1.807) is 16.9 Å². The molecule has 0 fully saturated rings. The molecule has 16 heavy (non-hydrogen) atoms. The van der Waals surface area contributed by atoms with Gasteiger partial charge in [0.15, 0.2) is 0 Å². The Morgan fingerprint density at radius 3 is 2.31 bits per heavy atom. The van der Waals surface area contributed by atoms with Crippen molar-refractivity contribution in [1.82, 2.24) is 0 Å². The van der Waals surface area contributed by atoms with Crippen LogP contribution in [0.3, 0.4) is 0 Å². The molecule has 0 aromatic heterocycles. The maximum atomic E-state index is 5.27. The molecule has 0 unspecified atom stereocenters. The summed E-state index contributed by atoms with van der Waals surface area (Å²) in [6.45, 7) is 10.8. The van der Waals surface area contributed by atoms with Crippen molar-refractivity contribution >= 4 is 22.4 Å². The average Bonchev–Trinajstić information content (AvgIpc) is 2.26. The molecule has 1 aromatic carbocycles.